The maximum atomic E-state index is 10.3. The molecular formula is C7H5N3O4. The molecule has 1 rings (SSSR count). The second-order valence-electron chi connectivity index (χ2n) is 2.33. The number of pyridine rings is 1. The fourth-order valence-electron chi connectivity index (χ4n) is 0.783. The van der Waals surface area contributed by atoms with E-state index in [4.69, 9.17) is 0 Å². The van der Waals surface area contributed by atoms with Gasteiger partial charge in [0.15, 0.2) is 0 Å². The first kappa shape index (κ1) is 9.78. The number of nitro groups is 2. The summed E-state index contributed by atoms with van der Waals surface area (Å²) in [5, 5.41) is 20.3. The van der Waals surface area contributed by atoms with Crippen LogP contribution in [0.1, 0.15) is 5.56 Å². The molecular weight excluding hydrogens is 190 g/mol. The second kappa shape index (κ2) is 4.08. The Morgan fingerprint density at radius 2 is 2.00 bits per heavy atom. The summed E-state index contributed by atoms with van der Waals surface area (Å²) in [6.07, 6.45) is 4.21. The van der Waals surface area contributed by atoms with Crippen molar-refractivity contribution >= 4 is 11.8 Å². The van der Waals surface area contributed by atoms with Gasteiger partial charge in [-0.05, 0) is 0 Å². The highest BCUT2D eigenvalue weighted by Crippen LogP contribution is 2.11. The summed E-state index contributed by atoms with van der Waals surface area (Å²) >= 11 is 0. The minimum Gasteiger partial charge on any atom is -0.259 e. The van der Waals surface area contributed by atoms with Crippen LogP contribution >= 0.6 is 0 Å². The Morgan fingerprint density at radius 1 is 1.29 bits per heavy atom. The molecule has 0 atom stereocenters. The Bertz CT molecular complexity index is 402. The van der Waals surface area contributed by atoms with E-state index in [9.17, 15) is 20.2 Å². The molecule has 0 amide bonds. The van der Waals surface area contributed by atoms with E-state index in [0.29, 0.717) is 11.8 Å². The average molecular weight is 195 g/mol. The molecule has 0 unspecified atom stereocenters. The fourth-order valence-corrected chi connectivity index (χ4v) is 0.783. The van der Waals surface area contributed by atoms with E-state index >= 15 is 0 Å². The minimum atomic E-state index is -0.654. The molecule has 0 saturated heterocycles. The van der Waals surface area contributed by atoms with Gasteiger partial charge in [-0.1, -0.05) is 0 Å². The largest absolute Gasteiger partial charge is 0.288 e. The van der Waals surface area contributed by atoms with Crippen molar-refractivity contribution in [2.75, 3.05) is 0 Å². The molecule has 0 spiro atoms. The minimum absolute atomic E-state index is 0.199. The maximum absolute atomic E-state index is 10.3. The highest BCUT2D eigenvalue weighted by molar-refractivity contribution is 5.50. The number of aromatic nitrogens is 1. The zero-order valence-corrected chi connectivity index (χ0v) is 6.86. The van der Waals surface area contributed by atoms with Crippen LogP contribution in [0.3, 0.4) is 0 Å². The number of rotatable bonds is 3. The van der Waals surface area contributed by atoms with Gasteiger partial charge < -0.3 is 0 Å². The summed E-state index contributed by atoms with van der Waals surface area (Å²) in [4.78, 5) is 22.6. The third-order valence-electron chi connectivity index (χ3n) is 1.34. The van der Waals surface area contributed by atoms with E-state index < -0.39 is 9.85 Å². The van der Waals surface area contributed by atoms with Crippen molar-refractivity contribution in [1.82, 2.24) is 4.98 Å². The SMILES string of the molecule is O=[N+]([O-])/C=C/c1cncc([N+](=O)[O-])c1. The summed E-state index contributed by atoms with van der Waals surface area (Å²) in [5.74, 6) is 0. The summed E-state index contributed by atoms with van der Waals surface area (Å²) in [6.45, 7) is 0. The van der Waals surface area contributed by atoms with Gasteiger partial charge >= 0.3 is 0 Å². The Labute approximate surface area is 78.0 Å². The Morgan fingerprint density at radius 3 is 2.57 bits per heavy atom. The number of hydrogen-bond donors (Lipinski definition) is 0. The molecule has 7 nitrogen and oxygen atoms in total. The lowest BCUT2D eigenvalue weighted by Gasteiger charge is -1.91. The number of nitrogens with zero attached hydrogens (tertiary/aromatic N) is 3. The lowest BCUT2D eigenvalue weighted by Crippen LogP contribution is -1.90. The molecule has 0 aliphatic rings. The molecule has 72 valence electrons. The van der Waals surface area contributed by atoms with Gasteiger partial charge in [0, 0.05) is 23.9 Å². The third-order valence-corrected chi connectivity index (χ3v) is 1.34. The molecule has 7 heteroatoms. The van der Waals surface area contributed by atoms with Gasteiger partial charge in [0.05, 0.1) is 9.85 Å². The van der Waals surface area contributed by atoms with Gasteiger partial charge in [0.1, 0.15) is 6.20 Å². The molecule has 0 aliphatic heterocycles. The fraction of sp³-hybridized carbons (Fsp3) is 0. The van der Waals surface area contributed by atoms with Crippen molar-refractivity contribution in [2.45, 2.75) is 0 Å². The summed E-state index contributed by atoms with van der Waals surface area (Å²) in [5.41, 5.74) is 0.117. The van der Waals surface area contributed by atoms with Crippen LogP contribution in [-0.2, 0) is 0 Å². The standard InChI is InChI=1S/C7H5N3O4/c11-9(12)2-1-6-3-7(10(13)14)5-8-4-6/h1-5H/b2-1+. The average Bonchev–Trinajstić information content (AvgIpc) is 2.15. The Balaban J connectivity index is 2.94. The maximum Gasteiger partial charge on any atom is 0.288 e. The molecule has 14 heavy (non-hydrogen) atoms. The van der Waals surface area contributed by atoms with Crippen molar-refractivity contribution in [3.05, 3.63) is 50.5 Å². The van der Waals surface area contributed by atoms with E-state index in [-0.39, 0.29) is 5.69 Å². The smallest absolute Gasteiger partial charge is 0.259 e. The van der Waals surface area contributed by atoms with Crippen LogP contribution in [0, 0.1) is 20.2 Å². The third kappa shape index (κ3) is 2.63. The van der Waals surface area contributed by atoms with Crippen molar-refractivity contribution in [3.63, 3.8) is 0 Å². The van der Waals surface area contributed by atoms with E-state index in [1.165, 1.54) is 12.3 Å². The molecule has 1 aromatic heterocycles. The first-order valence-corrected chi connectivity index (χ1v) is 3.51. The predicted molar refractivity (Wildman–Crippen MR) is 46.9 cm³/mol. The summed E-state index contributed by atoms with van der Waals surface area (Å²) in [7, 11) is 0. The Kier molecular flexibility index (Phi) is 2.85. The molecule has 0 N–H and O–H groups in total. The summed E-state index contributed by atoms with van der Waals surface area (Å²) in [6, 6.07) is 1.20. The van der Waals surface area contributed by atoms with E-state index in [1.807, 2.05) is 0 Å². The van der Waals surface area contributed by atoms with Gasteiger partial charge in [-0.3, -0.25) is 25.2 Å². The molecule has 0 radical (unpaired) electrons. The van der Waals surface area contributed by atoms with Crippen LogP contribution in [0.25, 0.3) is 6.08 Å². The van der Waals surface area contributed by atoms with Crippen LogP contribution in [0.15, 0.2) is 24.7 Å². The van der Waals surface area contributed by atoms with Gasteiger partial charge in [-0.25, -0.2) is 0 Å². The lowest BCUT2D eigenvalue weighted by molar-refractivity contribution is -0.400. The van der Waals surface area contributed by atoms with Crippen LogP contribution < -0.4 is 0 Å². The first-order chi connectivity index (χ1) is 6.59. The van der Waals surface area contributed by atoms with Crippen LogP contribution in [0.5, 0.6) is 0 Å². The molecule has 0 fully saturated rings. The Hall–Kier alpha value is -2.31. The van der Waals surface area contributed by atoms with Crippen molar-refractivity contribution in [2.24, 2.45) is 0 Å². The topological polar surface area (TPSA) is 99.2 Å². The van der Waals surface area contributed by atoms with Crippen LogP contribution in [-0.4, -0.2) is 14.8 Å². The van der Waals surface area contributed by atoms with Crippen molar-refractivity contribution < 1.29 is 9.85 Å². The molecule has 0 aliphatic carbocycles. The van der Waals surface area contributed by atoms with Gasteiger partial charge in [0.25, 0.3) is 5.69 Å². The van der Waals surface area contributed by atoms with E-state index in [2.05, 4.69) is 4.98 Å². The molecule has 0 aromatic carbocycles. The molecule has 1 heterocycles. The van der Waals surface area contributed by atoms with Crippen LogP contribution in [0.2, 0.25) is 0 Å². The molecule has 1 aromatic rings. The van der Waals surface area contributed by atoms with E-state index in [1.54, 1.807) is 0 Å². The van der Waals surface area contributed by atoms with Crippen LogP contribution in [0.4, 0.5) is 5.69 Å². The molecule has 0 saturated carbocycles. The van der Waals surface area contributed by atoms with Gasteiger partial charge in [-0.2, -0.15) is 0 Å². The van der Waals surface area contributed by atoms with Crippen molar-refractivity contribution in [3.8, 4) is 0 Å². The predicted octanol–water partition coefficient (Wildman–Crippen LogP) is 1.24. The lowest BCUT2D eigenvalue weighted by atomic mass is 10.2. The van der Waals surface area contributed by atoms with E-state index in [0.717, 1.165) is 12.3 Å². The second-order valence-corrected chi connectivity index (χ2v) is 2.33. The zero-order valence-electron chi connectivity index (χ0n) is 6.86. The van der Waals surface area contributed by atoms with Gasteiger partial charge in [-0.15, -0.1) is 0 Å². The van der Waals surface area contributed by atoms with Gasteiger partial charge in [0.2, 0.25) is 6.20 Å². The zero-order chi connectivity index (χ0) is 10.6. The summed E-state index contributed by atoms with van der Waals surface area (Å²) < 4.78 is 0. The first-order valence-electron chi connectivity index (χ1n) is 3.51. The van der Waals surface area contributed by atoms with Crippen molar-refractivity contribution in [1.29, 1.82) is 0 Å². The highest BCUT2D eigenvalue weighted by Gasteiger charge is 2.05. The molecule has 0 bridgehead atoms. The quantitative estimate of drug-likeness (QED) is 0.533. The number of hydrogen-bond acceptors (Lipinski definition) is 5. The normalized spacial score (nSPS) is 10.3. The monoisotopic (exact) mass is 195 g/mol. The highest BCUT2D eigenvalue weighted by atomic mass is 16.6.